The molecule has 3 aliphatic rings. The highest BCUT2D eigenvalue weighted by Crippen LogP contribution is 2.39. The van der Waals surface area contributed by atoms with Crippen molar-refractivity contribution in [2.75, 3.05) is 19.6 Å². The topological polar surface area (TPSA) is 43.7 Å². The maximum absolute atomic E-state index is 10.7. The average molecular weight is 281 g/mol. The third kappa shape index (κ3) is 3.37. The average Bonchev–Trinajstić information content (AvgIpc) is 2.91. The molecule has 3 fully saturated rings. The first kappa shape index (κ1) is 14.8. The molecule has 0 aromatic heterocycles. The first-order valence-electron chi connectivity index (χ1n) is 8.78. The summed E-state index contributed by atoms with van der Waals surface area (Å²) in [5.41, 5.74) is -0.384. The fourth-order valence-electron chi connectivity index (χ4n) is 4.81. The minimum Gasteiger partial charge on any atom is -0.392 e. The van der Waals surface area contributed by atoms with E-state index >= 15 is 0 Å². The molecule has 20 heavy (non-hydrogen) atoms. The van der Waals surface area contributed by atoms with Crippen molar-refractivity contribution in [1.82, 2.24) is 4.90 Å². The van der Waals surface area contributed by atoms with Crippen LogP contribution in [0.15, 0.2) is 0 Å². The van der Waals surface area contributed by atoms with Crippen molar-refractivity contribution in [1.29, 1.82) is 0 Å². The van der Waals surface area contributed by atoms with Crippen molar-refractivity contribution < 1.29 is 10.2 Å². The highest BCUT2D eigenvalue weighted by atomic mass is 16.3. The number of aliphatic hydroxyl groups is 2. The van der Waals surface area contributed by atoms with Crippen LogP contribution in [-0.4, -0.2) is 46.5 Å². The summed E-state index contributed by atoms with van der Waals surface area (Å²) >= 11 is 0. The molecule has 0 bridgehead atoms. The first-order chi connectivity index (χ1) is 9.66. The lowest BCUT2D eigenvalue weighted by molar-refractivity contribution is -0.100. The number of likely N-dealkylation sites (tertiary alicyclic amines) is 1. The van der Waals surface area contributed by atoms with E-state index in [0.29, 0.717) is 5.92 Å². The third-order valence-electron chi connectivity index (χ3n) is 6.06. The quantitative estimate of drug-likeness (QED) is 0.832. The minimum absolute atomic E-state index is 0.159. The number of fused-ring (bicyclic) bond motifs is 1. The summed E-state index contributed by atoms with van der Waals surface area (Å²) in [6.45, 7) is 2.79. The highest BCUT2D eigenvalue weighted by molar-refractivity contribution is 4.96. The van der Waals surface area contributed by atoms with Crippen molar-refractivity contribution in [3.05, 3.63) is 0 Å². The summed E-state index contributed by atoms with van der Waals surface area (Å²) < 4.78 is 0. The summed E-state index contributed by atoms with van der Waals surface area (Å²) in [5, 5.41) is 21.0. The molecule has 0 aromatic carbocycles. The maximum Gasteiger partial charge on any atom is 0.0700 e. The zero-order valence-electron chi connectivity index (χ0n) is 12.8. The van der Waals surface area contributed by atoms with Gasteiger partial charge in [-0.1, -0.05) is 38.5 Å². The molecule has 3 rings (SSSR count). The van der Waals surface area contributed by atoms with Crippen LogP contribution < -0.4 is 0 Å². The molecule has 0 amide bonds. The van der Waals surface area contributed by atoms with Gasteiger partial charge in [0.15, 0.2) is 0 Å². The molecule has 3 atom stereocenters. The molecule has 3 nitrogen and oxygen atoms in total. The van der Waals surface area contributed by atoms with Crippen molar-refractivity contribution in [3.8, 4) is 0 Å². The second-order valence-electron chi connectivity index (χ2n) is 7.60. The molecule has 1 saturated heterocycles. The Labute approximate surface area is 123 Å². The van der Waals surface area contributed by atoms with Crippen LogP contribution in [0.25, 0.3) is 0 Å². The summed E-state index contributed by atoms with van der Waals surface area (Å²) in [7, 11) is 0. The summed E-state index contributed by atoms with van der Waals surface area (Å²) in [6, 6.07) is 0. The second kappa shape index (κ2) is 6.33. The molecule has 3 unspecified atom stereocenters. The number of nitrogens with zero attached hydrogens (tertiary/aromatic N) is 1. The van der Waals surface area contributed by atoms with E-state index in [9.17, 15) is 10.2 Å². The van der Waals surface area contributed by atoms with Crippen LogP contribution in [0.2, 0.25) is 0 Å². The van der Waals surface area contributed by atoms with Gasteiger partial charge in [0.1, 0.15) is 0 Å². The Hall–Kier alpha value is -0.120. The van der Waals surface area contributed by atoms with Gasteiger partial charge in [0.25, 0.3) is 0 Å². The van der Waals surface area contributed by atoms with E-state index < -0.39 is 0 Å². The van der Waals surface area contributed by atoms with Gasteiger partial charge in [-0.3, -0.25) is 0 Å². The van der Waals surface area contributed by atoms with Crippen LogP contribution >= 0.6 is 0 Å². The van der Waals surface area contributed by atoms with Crippen LogP contribution in [0.3, 0.4) is 0 Å². The standard InChI is InChI=1S/C17H31NO2/c19-16(11-14-5-1-2-6-14)13-18-10-9-17(20)8-4-3-7-15(17)12-18/h14-16,19-20H,1-13H2. The van der Waals surface area contributed by atoms with Gasteiger partial charge in [0.2, 0.25) is 0 Å². The van der Waals surface area contributed by atoms with Crippen molar-refractivity contribution in [2.24, 2.45) is 11.8 Å². The van der Waals surface area contributed by atoms with E-state index in [4.69, 9.17) is 0 Å². The largest absolute Gasteiger partial charge is 0.392 e. The summed E-state index contributed by atoms with van der Waals surface area (Å²) in [5.74, 6) is 1.21. The van der Waals surface area contributed by atoms with Gasteiger partial charge >= 0.3 is 0 Å². The zero-order chi connectivity index (χ0) is 14.0. The number of rotatable bonds is 4. The first-order valence-corrected chi connectivity index (χ1v) is 8.78. The van der Waals surface area contributed by atoms with Gasteiger partial charge < -0.3 is 15.1 Å². The smallest absolute Gasteiger partial charge is 0.0700 e. The van der Waals surface area contributed by atoms with E-state index in [1.165, 1.54) is 44.9 Å². The number of hydrogen-bond acceptors (Lipinski definition) is 3. The molecule has 0 spiro atoms. The van der Waals surface area contributed by atoms with Crippen molar-refractivity contribution >= 4 is 0 Å². The molecule has 0 radical (unpaired) electrons. The zero-order valence-corrected chi connectivity index (χ0v) is 12.8. The van der Waals surface area contributed by atoms with E-state index in [1.807, 2.05) is 0 Å². The van der Waals surface area contributed by atoms with Gasteiger partial charge in [0, 0.05) is 25.6 Å². The van der Waals surface area contributed by atoms with E-state index in [-0.39, 0.29) is 11.7 Å². The molecule has 116 valence electrons. The molecule has 2 saturated carbocycles. The molecular formula is C17H31NO2. The normalized spacial score (nSPS) is 37.8. The molecule has 0 aromatic rings. The number of piperidine rings is 1. The Kier molecular flexibility index (Phi) is 4.68. The molecule has 3 heteroatoms. The lowest BCUT2D eigenvalue weighted by Crippen LogP contribution is -2.54. The van der Waals surface area contributed by atoms with Gasteiger partial charge in [-0.25, -0.2) is 0 Å². The SMILES string of the molecule is OC(CC1CCCC1)CN1CCC2(O)CCCCC2C1. The third-order valence-corrected chi connectivity index (χ3v) is 6.06. The second-order valence-corrected chi connectivity index (χ2v) is 7.60. The lowest BCUT2D eigenvalue weighted by Gasteiger charge is -2.47. The van der Waals surface area contributed by atoms with Crippen LogP contribution in [0.1, 0.15) is 64.2 Å². The fraction of sp³-hybridized carbons (Fsp3) is 1.00. The number of β-amino-alcohol motifs (C(OH)–C–C–N with tert-alkyl or cyclic N) is 1. The van der Waals surface area contributed by atoms with Gasteiger partial charge in [-0.05, 0) is 31.6 Å². The molecule has 1 aliphatic heterocycles. The Balaban J connectivity index is 1.46. The predicted octanol–water partition coefficient (Wildman–Crippen LogP) is 2.55. The monoisotopic (exact) mass is 281 g/mol. The van der Waals surface area contributed by atoms with Crippen LogP contribution in [-0.2, 0) is 0 Å². The Morgan fingerprint density at radius 2 is 1.80 bits per heavy atom. The fourth-order valence-corrected chi connectivity index (χ4v) is 4.81. The summed E-state index contributed by atoms with van der Waals surface area (Å²) in [4.78, 5) is 2.41. The van der Waals surface area contributed by atoms with Crippen LogP contribution in [0.5, 0.6) is 0 Å². The molecule has 2 aliphatic carbocycles. The van der Waals surface area contributed by atoms with Crippen molar-refractivity contribution in [2.45, 2.75) is 75.9 Å². The van der Waals surface area contributed by atoms with E-state index in [2.05, 4.69) is 4.90 Å². The predicted molar refractivity (Wildman–Crippen MR) is 80.5 cm³/mol. The Morgan fingerprint density at radius 1 is 1.05 bits per heavy atom. The maximum atomic E-state index is 10.7. The van der Waals surface area contributed by atoms with E-state index in [0.717, 1.165) is 44.8 Å². The number of aliphatic hydroxyl groups excluding tert-OH is 1. The minimum atomic E-state index is -0.384. The van der Waals surface area contributed by atoms with Crippen LogP contribution in [0, 0.1) is 11.8 Å². The molecular weight excluding hydrogens is 250 g/mol. The van der Waals surface area contributed by atoms with E-state index in [1.54, 1.807) is 0 Å². The molecule has 2 N–H and O–H groups in total. The molecule has 1 heterocycles. The Bertz CT molecular complexity index is 316. The lowest BCUT2D eigenvalue weighted by atomic mass is 9.71. The summed E-state index contributed by atoms with van der Waals surface area (Å²) in [6.07, 6.45) is 11.7. The highest BCUT2D eigenvalue weighted by Gasteiger charge is 2.42. The van der Waals surface area contributed by atoms with Crippen molar-refractivity contribution in [3.63, 3.8) is 0 Å². The van der Waals surface area contributed by atoms with Gasteiger partial charge in [-0.2, -0.15) is 0 Å². The Morgan fingerprint density at radius 3 is 2.60 bits per heavy atom. The van der Waals surface area contributed by atoms with Crippen LogP contribution in [0.4, 0.5) is 0 Å². The number of hydrogen-bond donors (Lipinski definition) is 2. The van der Waals surface area contributed by atoms with Gasteiger partial charge in [0.05, 0.1) is 11.7 Å². The van der Waals surface area contributed by atoms with Gasteiger partial charge in [-0.15, -0.1) is 0 Å².